The molecule has 4 aromatic rings. The zero-order chi connectivity index (χ0) is 30.3. The summed E-state index contributed by atoms with van der Waals surface area (Å²) < 4.78 is 13.1. The van der Waals surface area contributed by atoms with Gasteiger partial charge in [-0.2, -0.15) is 0 Å². The van der Waals surface area contributed by atoms with Crippen molar-refractivity contribution in [3.05, 3.63) is 125 Å². The van der Waals surface area contributed by atoms with Crippen molar-refractivity contribution in [2.24, 2.45) is 5.92 Å². The number of carboxylic acids is 1. The Kier molecular flexibility index (Phi) is 9.94. The number of carbonyl (C=O) groups is 2. The maximum Gasteiger partial charge on any atom is 0.336 e. The molecule has 0 saturated carbocycles. The predicted molar refractivity (Wildman–Crippen MR) is 166 cm³/mol. The Balaban J connectivity index is 1.41. The molecule has 1 aliphatic heterocycles. The first-order valence-electron chi connectivity index (χ1n) is 14.2. The van der Waals surface area contributed by atoms with Crippen molar-refractivity contribution in [2.75, 3.05) is 5.75 Å². The van der Waals surface area contributed by atoms with Crippen molar-refractivity contribution >= 4 is 23.6 Å². The number of aliphatic hydroxyl groups excluding tert-OH is 1. The van der Waals surface area contributed by atoms with Crippen LogP contribution in [0.4, 0.5) is 0 Å². The van der Waals surface area contributed by atoms with Gasteiger partial charge in [0.15, 0.2) is 6.29 Å². The summed E-state index contributed by atoms with van der Waals surface area (Å²) in [7, 11) is 0. The zero-order valence-electron chi connectivity index (χ0n) is 24.1. The van der Waals surface area contributed by atoms with Crippen molar-refractivity contribution < 1.29 is 29.3 Å². The third kappa shape index (κ3) is 7.35. The largest absolute Gasteiger partial charge is 0.478 e. The Morgan fingerprint density at radius 3 is 2.23 bits per heavy atom. The van der Waals surface area contributed by atoms with Crippen LogP contribution in [0.25, 0.3) is 11.1 Å². The summed E-state index contributed by atoms with van der Waals surface area (Å²) in [6.45, 7) is 4.01. The number of benzene rings is 4. The summed E-state index contributed by atoms with van der Waals surface area (Å²) >= 11 is 1.47. The maximum atomic E-state index is 11.8. The topological polar surface area (TPSA) is 105 Å². The highest BCUT2D eigenvalue weighted by Crippen LogP contribution is 2.43. The van der Waals surface area contributed by atoms with Crippen LogP contribution in [0.3, 0.4) is 0 Å². The van der Waals surface area contributed by atoms with E-state index in [2.05, 4.69) is 12.2 Å². The highest BCUT2D eigenvalue weighted by molar-refractivity contribution is 7.99. The van der Waals surface area contributed by atoms with Gasteiger partial charge in [-0.05, 0) is 39.9 Å². The lowest BCUT2D eigenvalue weighted by atomic mass is 9.91. The minimum atomic E-state index is -0.956. The number of ether oxygens (including phenoxy) is 2. The molecule has 1 heterocycles. The highest BCUT2D eigenvalue weighted by atomic mass is 32.2. The molecular formula is C35H35NO6S. The van der Waals surface area contributed by atoms with Crippen LogP contribution >= 0.6 is 11.8 Å². The van der Waals surface area contributed by atoms with Crippen LogP contribution in [-0.2, 0) is 27.4 Å². The standard InChI is InChI=1S/C35H35NO6S/c1-22-31(21-43-32-10-6-5-9-30(32)34(39)40)41-35(42-33(22)26-13-11-24(20-37)12-14-26)27-17-15-25(16-18-27)29-8-4-3-7-28(29)19-36-23(2)38/h3-18,22,31,33,35,37H,19-21H2,1-2H3,(H,36,38)(H,39,40)/t22-,31+,33+,35+/m1/s1. The number of aliphatic hydroxyl groups is 1. The fourth-order valence-electron chi connectivity index (χ4n) is 5.25. The van der Waals surface area contributed by atoms with Gasteiger partial charge in [0.2, 0.25) is 5.91 Å². The minimum absolute atomic E-state index is 0.0272. The van der Waals surface area contributed by atoms with Crippen molar-refractivity contribution in [3.63, 3.8) is 0 Å². The molecule has 4 aromatic carbocycles. The van der Waals surface area contributed by atoms with Gasteiger partial charge >= 0.3 is 5.97 Å². The van der Waals surface area contributed by atoms with E-state index in [1.807, 2.05) is 84.9 Å². The molecule has 1 fully saturated rings. The van der Waals surface area contributed by atoms with Crippen LogP contribution < -0.4 is 5.32 Å². The van der Waals surface area contributed by atoms with Crippen LogP contribution in [0.2, 0.25) is 0 Å². The summed E-state index contributed by atoms with van der Waals surface area (Å²) in [6.07, 6.45) is -1.14. The molecule has 1 amide bonds. The molecule has 0 aromatic heterocycles. The fourth-order valence-corrected chi connectivity index (χ4v) is 6.46. The molecular weight excluding hydrogens is 562 g/mol. The van der Waals surface area contributed by atoms with Crippen molar-refractivity contribution in [3.8, 4) is 11.1 Å². The smallest absolute Gasteiger partial charge is 0.336 e. The van der Waals surface area contributed by atoms with Crippen molar-refractivity contribution in [1.29, 1.82) is 0 Å². The third-order valence-corrected chi connectivity index (χ3v) is 8.85. The zero-order valence-corrected chi connectivity index (χ0v) is 24.9. The van der Waals surface area contributed by atoms with Gasteiger partial charge in [-0.25, -0.2) is 4.79 Å². The number of amides is 1. The van der Waals surface area contributed by atoms with Gasteiger partial charge in [0.25, 0.3) is 0 Å². The van der Waals surface area contributed by atoms with Crippen LogP contribution in [0.5, 0.6) is 0 Å². The monoisotopic (exact) mass is 597 g/mol. The average Bonchev–Trinajstić information content (AvgIpc) is 3.03. The lowest BCUT2D eigenvalue weighted by Gasteiger charge is -2.41. The molecule has 1 aliphatic rings. The molecule has 222 valence electrons. The molecule has 8 heteroatoms. The third-order valence-electron chi connectivity index (χ3n) is 7.68. The minimum Gasteiger partial charge on any atom is -0.478 e. The fraction of sp³-hybridized carbons (Fsp3) is 0.257. The molecule has 0 unspecified atom stereocenters. The lowest BCUT2D eigenvalue weighted by molar-refractivity contribution is -0.268. The quantitative estimate of drug-likeness (QED) is 0.173. The van der Waals surface area contributed by atoms with Crippen LogP contribution in [-0.4, -0.2) is 33.9 Å². The summed E-state index contributed by atoms with van der Waals surface area (Å²) in [4.78, 5) is 24.0. The van der Waals surface area contributed by atoms with E-state index in [-0.39, 0.29) is 36.2 Å². The first-order valence-corrected chi connectivity index (χ1v) is 15.2. The number of hydrogen-bond acceptors (Lipinski definition) is 6. The van der Waals surface area contributed by atoms with Crippen LogP contribution in [0.15, 0.2) is 102 Å². The molecule has 0 bridgehead atoms. The SMILES string of the molecule is CC(=O)NCc1ccccc1-c1ccc([C@H]2O[C@@H](CSc3ccccc3C(=O)O)[C@@H](C)[C@@H](c3ccc(CO)cc3)O2)cc1. The van der Waals surface area contributed by atoms with E-state index in [9.17, 15) is 19.8 Å². The normalized spacial score (nSPS) is 20.0. The van der Waals surface area contributed by atoms with Crippen LogP contribution in [0, 0.1) is 5.92 Å². The van der Waals surface area contributed by atoms with Gasteiger partial charge < -0.3 is 25.0 Å². The van der Waals surface area contributed by atoms with Gasteiger partial charge in [-0.15, -0.1) is 11.8 Å². The van der Waals surface area contributed by atoms with Crippen molar-refractivity contribution in [1.82, 2.24) is 5.32 Å². The van der Waals surface area contributed by atoms with E-state index < -0.39 is 12.3 Å². The first kappa shape index (κ1) is 30.5. The van der Waals surface area contributed by atoms with Gasteiger partial charge in [0.1, 0.15) is 0 Å². The number of thioether (sulfide) groups is 1. The Bertz CT molecular complexity index is 1560. The molecule has 1 saturated heterocycles. The number of rotatable bonds is 10. The number of hydrogen-bond donors (Lipinski definition) is 3. The number of carbonyl (C=O) groups excluding carboxylic acids is 1. The number of carboxylic acid groups (broad SMARTS) is 1. The lowest BCUT2D eigenvalue weighted by Crippen LogP contribution is -2.38. The predicted octanol–water partition coefficient (Wildman–Crippen LogP) is 6.76. The average molecular weight is 598 g/mol. The summed E-state index contributed by atoms with van der Waals surface area (Å²) in [5.74, 6) is -0.514. The van der Waals surface area contributed by atoms with E-state index in [4.69, 9.17) is 9.47 Å². The second kappa shape index (κ2) is 14.0. The second-order valence-electron chi connectivity index (χ2n) is 10.6. The number of aromatic carboxylic acids is 1. The van der Waals surface area contributed by atoms with Gasteiger partial charge in [-0.1, -0.05) is 91.9 Å². The molecule has 43 heavy (non-hydrogen) atoms. The van der Waals surface area contributed by atoms with Crippen LogP contribution in [0.1, 0.15) is 58.9 Å². The molecule has 3 N–H and O–H groups in total. The molecule has 0 spiro atoms. The summed E-state index contributed by atoms with van der Waals surface area (Å²) in [6, 6.07) is 30.8. The highest BCUT2D eigenvalue weighted by Gasteiger charge is 2.38. The molecule has 4 atom stereocenters. The van der Waals surface area contributed by atoms with Crippen molar-refractivity contribution in [2.45, 2.75) is 50.4 Å². The Hall–Kier alpha value is -3.95. The van der Waals surface area contributed by atoms with E-state index >= 15 is 0 Å². The van der Waals surface area contributed by atoms with E-state index in [1.165, 1.54) is 18.7 Å². The van der Waals surface area contributed by atoms with E-state index in [0.29, 0.717) is 17.2 Å². The molecule has 0 radical (unpaired) electrons. The first-order chi connectivity index (χ1) is 20.8. The second-order valence-corrected chi connectivity index (χ2v) is 11.7. The van der Waals surface area contributed by atoms with Gasteiger partial charge in [0.05, 0.1) is 24.4 Å². The summed E-state index contributed by atoms with van der Waals surface area (Å²) in [5, 5.41) is 22.1. The van der Waals surface area contributed by atoms with Gasteiger partial charge in [-0.3, -0.25) is 4.79 Å². The number of nitrogens with one attached hydrogen (secondary N) is 1. The van der Waals surface area contributed by atoms with E-state index in [0.717, 1.165) is 33.4 Å². The molecule has 7 nitrogen and oxygen atoms in total. The Morgan fingerprint density at radius 2 is 1.53 bits per heavy atom. The maximum absolute atomic E-state index is 11.8. The summed E-state index contributed by atoms with van der Waals surface area (Å²) in [5.41, 5.74) is 6.03. The Morgan fingerprint density at radius 1 is 0.860 bits per heavy atom. The van der Waals surface area contributed by atoms with E-state index in [1.54, 1.807) is 12.1 Å². The van der Waals surface area contributed by atoms with Gasteiger partial charge in [0, 0.05) is 35.6 Å². The molecule has 5 rings (SSSR count). The molecule has 0 aliphatic carbocycles. The Labute approximate surface area is 255 Å².